The van der Waals surface area contributed by atoms with E-state index in [-0.39, 0.29) is 0 Å². The quantitative estimate of drug-likeness (QED) is 0.895. The van der Waals surface area contributed by atoms with Crippen LogP contribution in [-0.2, 0) is 6.42 Å². The zero-order valence-corrected chi connectivity index (χ0v) is 11.7. The molecule has 1 aliphatic rings. The van der Waals surface area contributed by atoms with Gasteiger partial charge in [-0.15, -0.1) is 0 Å². The smallest absolute Gasteiger partial charge is 0.115 e. The molecule has 104 valence electrons. The van der Waals surface area contributed by atoms with Crippen LogP contribution < -0.4 is 5.32 Å². The van der Waals surface area contributed by atoms with E-state index in [1.165, 1.54) is 16.7 Å². The standard InChI is InChI=1S/C17H20N2O/c1-12(13-7-9-18-10-8-13)19-17-4-2-3-14-11-15(20)5-6-16(14)17/h5-12,17,19-20H,2-4H2,1H3/t12-,17?/m0/s1. The highest BCUT2D eigenvalue weighted by molar-refractivity contribution is 5.38. The Hall–Kier alpha value is -1.87. The highest BCUT2D eigenvalue weighted by atomic mass is 16.3. The summed E-state index contributed by atoms with van der Waals surface area (Å²) in [5, 5.41) is 13.3. The van der Waals surface area contributed by atoms with Gasteiger partial charge in [0.05, 0.1) is 0 Å². The summed E-state index contributed by atoms with van der Waals surface area (Å²) in [6.07, 6.45) is 7.04. The lowest BCUT2D eigenvalue weighted by atomic mass is 9.87. The first-order valence-electron chi connectivity index (χ1n) is 7.22. The Kier molecular flexibility index (Phi) is 3.70. The third kappa shape index (κ3) is 2.68. The molecule has 2 N–H and O–H groups in total. The van der Waals surface area contributed by atoms with E-state index in [0.29, 0.717) is 17.8 Å². The van der Waals surface area contributed by atoms with Crippen LogP contribution in [0, 0.1) is 0 Å². The van der Waals surface area contributed by atoms with Crippen molar-refractivity contribution in [3.8, 4) is 5.75 Å². The van der Waals surface area contributed by atoms with Gasteiger partial charge in [0.15, 0.2) is 0 Å². The van der Waals surface area contributed by atoms with Crippen molar-refractivity contribution in [2.75, 3.05) is 0 Å². The molecule has 20 heavy (non-hydrogen) atoms. The summed E-state index contributed by atoms with van der Waals surface area (Å²) < 4.78 is 0. The van der Waals surface area contributed by atoms with Crippen LogP contribution in [0.5, 0.6) is 5.75 Å². The van der Waals surface area contributed by atoms with E-state index in [0.717, 1.165) is 19.3 Å². The van der Waals surface area contributed by atoms with E-state index >= 15 is 0 Å². The maximum absolute atomic E-state index is 9.61. The average molecular weight is 268 g/mol. The van der Waals surface area contributed by atoms with Gasteiger partial charge < -0.3 is 10.4 Å². The van der Waals surface area contributed by atoms with Crippen LogP contribution in [0.2, 0.25) is 0 Å². The topological polar surface area (TPSA) is 45.1 Å². The van der Waals surface area contributed by atoms with Crippen LogP contribution in [-0.4, -0.2) is 10.1 Å². The molecule has 1 aliphatic carbocycles. The Bertz CT molecular complexity index is 583. The lowest BCUT2D eigenvalue weighted by Gasteiger charge is -2.29. The number of hydrogen-bond donors (Lipinski definition) is 2. The van der Waals surface area contributed by atoms with Gasteiger partial charge in [-0.2, -0.15) is 0 Å². The molecule has 0 aliphatic heterocycles. The predicted octanol–water partition coefficient (Wildman–Crippen LogP) is 3.52. The first kappa shape index (κ1) is 13.1. The summed E-state index contributed by atoms with van der Waals surface area (Å²) in [5.74, 6) is 0.367. The van der Waals surface area contributed by atoms with Crippen LogP contribution in [0.3, 0.4) is 0 Å². The summed E-state index contributed by atoms with van der Waals surface area (Å²) in [6.45, 7) is 2.18. The van der Waals surface area contributed by atoms with E-state index in [9.17, 15) is 5.11 Å². The second kappa shape index (κ2) is 5.63. The maximum Gasteiger partial charge on any atom is 0.115 e. The number of phenols is 1. The molecule has 0 bridgehead atoms. The summed E-state index contributed by atoms with van der Waals surface area (Å²) in [6, 6.07) is 10.5. The molecule has 1 aromatic carbocycles. The van der Waals surface area contributed by atoms with Crippen LogP contribution in [0.4, 0.5) is 0 Å². The fourth-order valence-electron chi connectivity index (χ4n) is 3.02. The molecule has 3 rings (SSSR count). The van der Waals surface area contributed by atoms with E-state index < -0.39 is 0 Å². The Morgan fingerprint density at radius 2 is 2.05 bits per heavy atom. The van der Waals surface area contributed by atoms with Crippen molar-refractivity contribution in [3.63, 3.8) is 0 Å². The van der Waals surface area contributed by atoms with Gasteiger partial charge in [0, 0.05) is 24.5 Å². The normalized spacial score (nSPS) is 19.4. The number of nitrogens with one attached hydrogen (secondary N) is 1. The molecule has 1 unspecified atom stereocenters. The average Bonchev–Trinajstić information content (AvgIpc) is 2.48. The van der Waals surface area contributed by atoms with Crippen LogP contribution in [0.15, 0.2) is 42.7 Å². The number of hydrogen-bond acceptors (Lipinski definition) is 3. The van der Waals surface area contributed by atoms with Crippen molar-refractivity contribution in [1.29, 1.82) is 0 Å². The van der Waals surface area contributed by atoms with Crippen molar-refractivity contribution >= 4 is 0 Å². The Morgan fingerprint density at radius 1 is 1.25 bits per heavy atom. The van der Waals surface area contributed by atoms with Gasteiger partial charge in [0.25, 0.3) is 0 Å². The SMILES string of the molecule is C[C@H](NC1CCCc2cc(O)ccc21)c1ccncc1. The van der Waals surface area contributed by atoms with E-state index in [1.807, 2.05) is 18.5 Å². The molecule has 0 spiro atoms. The Morgan fingerprint density at radius 3 is 2.85 bits per heavy atom. The number of nitrogens with zero attached hydrogens (tertiary/aromatic N) is 1. The second-order valence-electron chi connectivity index (χ2n) is 5.50. The van der Waals surface area contributed by atoms with Crippen molar-refractivity contribution in [2.24, 2.45) is 0 Å². The number of aromatic nitrogens is 1. The van der Waals surface area contributed by atoms with Crippen molar-refractivity contribution in [3.05, 3.63) is 59.4 Å². The number of pyridine rings is 1. The minimum atomic E-state index is 0.294. The van der Waals surface area contributed by atoms with Gasteiger partial charge in [-0.1, -0.05) is 6.07 Å². The van der Waals surface area contributed by atoms with Crippen molar-refractivity contribution < 1.29 is 5.11 Å². The molecular formula is C17H20N2O. The van der Waals surface area contributed by atoms with Crippen molar-refractivity contribution in [2.45, 2.75) is 38.3 Å². The molecule has 0 saturated heterocycles. The second-order valence-corrected chi connectivity index (χ2v) is 5.50. The Balaban J connectivity index is 1.80. The number of rotatable bonds is 3. The van der Waals surface area contributed by atoms with Crippen LogP contribution in [0.25, 0.3) is 0 Å². The molecule has 3 heteroatoms. The highest BCUT2D eigenvalue weighted by Crippen LogP contribution is 2.33. The number of phenolic OH excluding ortho intramolecular Hbond substituents is 1. The first-order chi connectivity index (χ1) is 9.74. The summed E-state index contributed by atoms with van der Waals surface area (Å²) in [4.78, 5) is 4.06. The Labute approximate surface area is 119 Å². The summed E-state index contributed by atoms with van der Waals surface area (Å²) in [7, 11) is 0. The van der Waals surface area contributed by atoms with E-state index in [4.69, 9.17) is 0 Å². The van der Waals surface area contributed by atoms with Crippen LogP contribution >= 0.6 is 0 Å². The zero-order chi connectivity index (χ0) is 13.9. The first-order valence-corrected chi connectivity index (χ1v) is 7.22. The third-order valence-electron chi connectivity index (χ3n) is 4.10. The fourth-order valence-corrected chi connectivity index (χ4v) is 3.02. The molecule has 0 amide bonds. The zero-order valence-electron chi connectivity index (χ0n) is 11.7. The van der Waals surface area contributed by atoms with Gasteiger partial charge in [-0.3, -0.25) is 4.98 Å². The molecule has 0 fully saturated rings. The van der Waals surface area contributed by atoms with Gasteiger partial charge in [-0.25, -0.2) is 0 Å². The molecular weight excluding hydrogens is 248 g/mol. The third-order valence-corrected chi connectivity index (χ3v) is 4.10. The van der Waals surface area contributed by atoms with Gasteiger partial charge in [-0.05, 0) is 67.1 Å². The van der Waals surface area contributed by atoms with E-state index in [1.54, 1.807) is 6.07 Å². The minimum Gasteiger partial charge on any atom is -0.508 e. The monoisotopic (exact) mass is 268 g/mol. The molecule has 0 saturated carbocycles. The van der Waals surface area contributed by atoms with Gasteiger partial charge >= 0.3 is 0 Å². The molecule has 2 aromatic rings. The lowest BCUT2D eigenvalue weighted by Crippen LogP contribution is -2.27. The molecule has 3 nitrogen and oxygen atoms in total. The largest absolute Gasteiger partial charge is 0.508 e. The predicted molar refractivity (Wildman–Crippen MR) is 79.6 cm³/mol. The summed E-state index contributed by atoms with van der Waals surface area (Å²) in [5.41, 5.74) is 3.86. The lowest BCUT2D eigenvalue weighted by molar-refractivity contribution is 0.412. The van der Waals surface area contributed by atoms with E-state index in [2.05, 4.69) is 35.4 Å². The fraction of sp³-hybridized carbons (Fsp3) is 0.353. The van der Waals surface area contributed by atoms with Crippen molar-refractivity contribution in [1.82, 2.24) is 10.3 Å². The number of benzene rings is 1. The van der Waals surface area contributed by atoms with Gasteiger partial charge in [0.2, 0.25) is 0 Å². The minimum absolute atomic E-state index is 0.294. The molecule has 2 atom stereocenters. The highest BCUT2D eigenvalue weighted by Gasteiger charge is 2.22. The van der Waals surface area contributed by atoms with Gasteiger partial charge in [0.1, 0.15) is 5.75 Å². The summed E-state index contributed by atoms with van der Waals surface area (Å²) >= 11 is 0. The number of fused-ring (bicyclic) bond motifs is 1. The molecule has 1 heterocycles. The number of aryl methyl sites for hydroxylation is 1. The molecule has 0 radical (unpaired) electrons. The molecule has 1 aromatic heterocycles. The maximum atomic E-state index is 9.61. The number of aromatic hydroxyl groups is 1. The van der Waals surface area contributed by atoms with Crippen LogP contribution in [0.1, 0.15) is 48.5 Å².